The van der Waals surface area contributed by atoms with E-state index in [0.717, 1.165) is 40.1 Å². The third kappa shape index (κ3) is 3.43. The maximum Gasteiger partial charge on any atom is 0.259 e. The summed E-state index contributed by atoms with van der Waals surface area (Å²) in [6.45, 7) is 1.33. The van der Waals surface area contributed by atoms with E-state index in [-0.39, 0.29) is 11.8 Å². The number of aromatic nitrogens is 2. The van der Waals surface area contributed by atoms with Crippen molar-refractivity contribution >= 4 is 22.6 Å². The zero-order valence-electron chi connectivity index (χ0n) is 16.1. The molecule has 1 amide bonds. The van der Waals surface area contributed by atoms with Gasteiger partial charge in [0.15, 0.2) is 0 Å². The molecule has 1 unspecified atom stereocenters. The molecule has 0 radical (unpaired) electrons. The quantitative estimate of drug-likeness (QED) is 0.556. The van der Waals surface area contributed by atoms with E-state index < -0.39 is 0 Å². The summed E-state index contributed by atoms with van der Waals surface area (Å²) in [5, 5.41) is 8.54. The number of amides is 1. The van der Waals surface area contributed by atoms with Crippen molar-refractivity contribution in [1.82, 2.24) is 9.78 Å². The highest BCUT2D eigenvalue weighted by molar-refractivity contribution is 6.05. The third-order valence-electron chi connectivity index (χ3n) is 5.27. The van der Waals surface area contributed by atoms with Gasteiger partial charge in [0.25, 0.3) is 5.91 Å². The first-order valence-corrected chi connectivity index (χ1v) is 9.69. The molecule has 0 saturated carbocycles. The van der Waals surface area contributed by atoms with Crippen molar-refractivity contribution in [1.29, 1.82) is 0 Å². The number of para-hydroxylation sites is 1. The van der Waals surface area contributed by atoms with Crippen LogP contribution in [-0.2, 0) is 11.8 Å². The van der Waals surface area contributed by atoms with Crippen LogP contribution in [0.1, 0.15) is 28.4 Å². The molecule has 146 valence electrons. The summed E-state index contributed by atoms with van der Waals surface area (Å²) >= 11 is 0. The number of carbonyl (C=O) groups is 1. The first-order valence-electron chi connectivity index (χ1n) is 9.69. The Labute approximate surface area is 168 Å². The number of anilines is 1. The monoisotopic (exact) mass is 387 g/mol. The second-order valence-electron chi connectivity index (χ2n) is 7.34. The number of fused-ring (bicyclic) bond motifs is 1. The van der Waals surface area contributed by atoms with Gasteiger partial charge in [0.1, 0.15) is 11.3 Å². The Morgan fingerprint density at radius 2 is 2.00 bits per heavy atom. The standard InChI is InChI=1S/C23H21N3O3/c1-26-13-19(22(25-26)17-10-11-28-14-17)23(27)24-18-8-6-15(7-9-18)21-12-16-4-2-3-5-20(16)29-21/h2-9,12-13,17H,10-11,14H2,1H3,(H,24,27). The van der Waals surface area contributed by atoms with Crippen LogP contribution >= 0.6 is 0 Å². The second kappa shape index (κ2) is 7.22. The lowest BCUT2D eigenvalue weighted by atomic mass is 10.0. The van der Waals surface area contributed by atoms with Gasteiger partial charge < -0.3 is 14.5 Å². The fourth-order valence-electron chi connectivity index (χ4n) is 3.77. The smallest absolute Gasteiger partial charge is 0.259 e. The molecule has 0 aliphatic carbocycles. The van der Waals surface area contributed by atoms with Gasteiger partial charge in [0.05, 0.1) is 17.9 Å². The van der Waals surface area contributed by atoms with Crippen molar-refractivity contribution in [2.45, 2.75) is 12.3 Å². The molecule has 5 rings (SSSR count). The van der Waals surface area contributed by atoms with E-state index >= 15 is 0 Å². The van der Waals surface area contributed by atoms with E-state index in [2.05, 4.69) is 10.4 Å². The van der Waals surface area contributed by atoms with E-state index in [1.165, 1.54) is 0 Å². The zero-order chi connectivity index (χ0) is 19.8. The topological polar surface area (TPSA) is 69.3 Å². The Morgan fingerprint density at radius 1 is 1.17 bits per heavy atom. The lowest BCUT2D eigenvalue weighted by Crippen LogP contribution is -2.15. The summed E-state index contributed by atoms with van der Waals surface area (Å²) in [6, 6.07) is 17.6. The van der Waals surface area contributed by atoms with Crippen LogP contribution in [0.3, 0.4) is 0 Å². The predicted octanol–water partition coefficient (Wildman–Crippen LogP) is 4.59. The Morgan fingerprint density at radius 3 is 2.76 bits per heavy atom. The highest BCUT2D eigenvalue weighted by Gasteiger charge is 2.26. The number of benzene rings is 2. The van der Waals surface area contributed by atoms with Crippen LogP contribution in [0.2, 0.25) is 0 Å². The second-order valence-corrected chi connectivity index (χ2v) is 7.34. The van der Waals surface area contributed by atoms with Crippen LogP contribution < -0.4 is 5.32 Å². The number of nitrogens with zero attached hydrogens (tertiary/aromatic N) is 2. The molecule has 2 aromatic carbocycles. The number of nitrogens with one attached hydrogen (secondary N) is 1. The molecule has 1 N–H and O–H groups in total. The number of carbonyl (C=O) groups excluding carboxylic acids is 1. The molecule has 1 aliphatic rings. The predicted molar refractivity (Wildman–Crippen MR) is 111 cm³/mol. The lowest BCUT2D eigenvalue weighted by molar-refractivity contribution is 0.102. The molecule has 0 spiro atoms. The van der Waals surface area contributed by atoms with Crippen LogP contribution in [0.15, 0.2) is 65.2 Å². The number of furan rings is 1. The van der Waals surface area contributed by atoms with Crippen molar-refractivity contribution in [2.75, 3.05) is 18.5 Å². The first-order chi connectivity index (χ1) is 14.2. The van der Waals surface area contributed by atoms with Crippen LogP contribution in [-0.4, -0.2) is 28.9 Å². The number of hydrogen-bond donors (Lipinski definition) is 1. The van der Waals surface area contributed by atoms with Crippen molar-refractivity contribution in [2.24, 2.45) is 7.05 Å². The van der Waals surface area contributed by atoms with Crippen LogP contribution in [0, 0.1) is 0 Å². The Kier molecular flexibility index (Phi) is 4.41. The van der Waals surface area contributed by atoms with Crippen LogP contribution in [0.25, 0.3) is 22.3 Å². The molecule has 1 saturated heterocycles. The van der Waals surface area contributed by atoms with E-state index in [1.807, 2.05) is 61.6 Å². The summed E-state index contributed by atoms with van der Waals surface area (Å²) < 4.78 is 13.1. The summed E-state index contributed by atoms with van der Waals surface area (Å²) in [6.07, 6.45) is 2.66. The van der Waals surface area contributed by atoms with E-state index in [1.54, 1.807) is 10.9 Å². The molecule has 3 heterocycles. The third-order valence-corrected chi connectivity index (χ3v) is 5.27. The van der Waals surface area contributed by atoms with Gasteiger partial charge in [-0.3, -0.25) is 9.48 Å². The van der Waals surface area contributed by atoms with Crippen molar-refractivity contribution in [3.8, 4) is 11.3 Å². The summed E-state index contributed by atoms with van der Waals surface area (Å²) in [5.41, 5.74) is 3.96. The molecule has 1 aliphatic heterocycles. The van der Waals surface area contributed by atoms with Gasteiger partial charge in [-0.25, -0.2) is 0 Å². The number of ether oxygens (including phenoxy) is 1. The Bertz CT molecular complexity index is 1130. The normalized spacial score (nSPS) is 16.4. The van der Waals surface area contributed by atoms with Gasteiger partial charge in [-0.2, -0.15) is 5.10 Å². The van der Waals surface area contributed by atoms with Gasteiger partial charge >= 0.3 is 0 Å². The fourth-order valence-corrected chi connectivity index (χ4v) is 3.77. The maximum absolute atomic E-state index is 12.9. The average molecular weight is 387 g/mol. The minimum atomic E-state index is -0.156. The number of aryl methyl sites for hydroxylation is 1. The SMILES string of the molecule is Cn1cc(C(=O)Nc2ccc(-c3cc4ccccc4o3)cc2)c(C2CCOC2)n1. The molecule has 2 aromatic heterocycles. The molecular weight excluding hydrogens is 366 g/mol. The van der Waals surface area contributed by atoms with Gasteiger partial charge in [0.2, 0.25) is 0 Å². The summed E-state index contributed by atoms with van der Waals surface area (Å²) in [7, 11) is 1.83. The molecule has 1 fully saturated rings. The zero-order valence-corrected chi connectivity index (χ0v) is 16.1. The fraction of sp³-hybridized carbons (Fsp3) is 0.217. The first kappa shape index (κ1) is 17.7. The van der Waals surface area contributed by atoms with Gasteiger partial charge in [0, 0.05) is 42.4 Å². The largest absolute Gasteiger partial charge is 0.456 e. The van der Waals surface area contributed by atoms with Gasteiger partial charge in [-0.1, -0.05) is 18.2 Å². The van der Waals surface area contributed by atoms with Crippen LogP contribution in [0.4, 0.5) is 5.69 Å². The number of hydrogen-bond acceptors (Lipinski definition) is 4. The summed E-state index contributed by atoms with van der Waals surface area (Å²) in [4.78, 5) is 12.9. The van der Waals surface area contributed by atoms with E-state index in [4.69, 9.17) is 9.15 Å². The maximum atomic E-state index is 12.9. The van der Waals surface area contributed by atoms with Crippen molar-refractivity contribution < 1.29 is 13.9 Å². The molecule has 6 nitrogen and oxygen atoms in total. The average Bonchev–Trinajstić information content (AvgIpc) is 3.47. The van der Waals surface area contributed by atoms with Gasteiger partial charge in [-0.05, 0) is 42.8 Å². The van der Waals surface area contributed by atoms with E-state index in [9.17, 15) is 4.79 Å². The highest BCUT2D eigenvalue weighted by Crippen LogP contribution is 2.29. The van der Waals surface area contributed by atoms with Gasteiger partial charge in [-0.15, -0.1) is 0 Å². The van der Waals surface area contributed by atoms with Crippen molar-refractivity contribution in [3.63, 3.8) is 0 Å². The minimum absolute atomic E-state index is 0.156. The molecule has 0 bridgehead atoms. The lowest BCUT2D eigenvalue weighted by Gasteiger charge is -2.09. The Balaban J connectivity index is 1.35. The summed E-state index contributed by atoms with van der Waals surface area (Å²) in [5.74, 6) is 0.823. The molecule has 1 atom stereocenters. The minimum Gasteiger partial charge on any atom is -0.456 e. The molecular formula is C23H21N3O3. The highest BCUT2D eigenvalue weighted by atomic mass is 16.5. The van der Waals surface area contributed by atoms with Crippen LogP contribution in [0.5, 0.6) is 0 Å². The molecule has 6 heteroatoms. The molecule has 4 aromatic rings. The number of rotatable bonds is 4. The van der Waals surface area contributed by atoms with E-state index in [0.29, 0.717) is 18.8 Å². The Hall–Kier alpha value is -3.38. The van der Waals surface area contributed by atoms with Crippen molar-refractivity contribution in [3.05, 3.63) is 72.1 Å². The molecule has 29 heavy (non-hydrogen) atoms.